The third kappa shape index (κ3) is 3.90. The first-order chi connectivity index (χ1) is 15.6. The fourth-order valence-electron chi connectivity index (χ4n) is 4.20. The van der Waals surface area contributed by atoms with Gasteiger partial charge in [0.15, 0.2) is 0 Å². The molecule has 1 atom stereocenters. The molecule has 2 amide bonds. The van der Waals surface area contributed by atoms with E-state index in [2.05, 4.69) is 64.8 Å². The summed E-state index contributed by atoms with van der Waals surface area (Å²) in [5, 5.41) is 3.69. The quantitative estimate of drug-likeness (QED) is 0.335. The third-order valence-corrected chi connectivity index (χ3v) is 6.75. The summed E-state index contributed by atoms with van der Waals surface area (Å²) >= 11 is 7.73. The topological polar surface area (TPSA) is 37.3 Å². The maximum atomic E-state index is 13.6. The summed E-state index contributed by atoms with van der Waals surface area (Å²) in [5.41, 5.74) is 5.03. The monoisotopic (exact) mass is 459 g/mol. The van der Waals surface area contributed by atoms with Crippen LogP contribution in [-0.4, -0.2) is 21.8 Å². The van der Waals surface area contributed by atoms with Crippen molar-refractivity contribution in [2.24, 2.45) is 0 Å². The van der Waals surface area contributed by atoms with Crippen LogP contribution in [0.1, 0.15) is 22.9 Å². The lowest BCUT2D eigenvalue weighted by molar-refractivity contribution is 0.194. The van der Waals surface area contributed by atoms with E-state index in [1.807, 2.05) is 35.2 Å². The molecular formula is C26H22ClN3OS. The van der Waals surface area contributed by atoms with Crippen molar-refractivity contribution in [1.29, 1.82) is 0 Å². The number of carbonyl (C=O) groups is 1. The van der Waals surface area contributed by atoms with Crippen molar-refractivity contribution in [3.63, 3.8) is 0 Å². The molecule has 0 fully saturated rings. The van der Waals surface area contributed by atoms with Crippen LogP contribution >= 0.6 is 23.4 Å². The zero-order valence-corrected chi connectivity index (χ0v) is 19.1. The van der Waals surface area contributed by atoms with Gasteiger partial charge < -0.3 is 14.8 Å². The highest BCUT2D eigenvalue weighted by Gasteiger charge is 2.33. The maximum Gasteiger partial charge on any atom is 0.322 e. The van der Waals surface area contributed by atoms with Gasteiger partial charge in [-0.25, -0.2) is 4.79 Å². The largest absolute Gasteiger partial charge is 0.322 e. The number of nitrogens with one attached hydrogen (secondary N) is 1. The predicted molar refractivity (Wildman–Crippen MR) is 132 cm³/mol. The van der Waals surface area contributed by atoms with E-state index in [0.29, 0.717) is 17.3 Å². The van der Waals surface area contributed by atoms with Crippen molar-refractivity contribution < 1.29 is 4.79 Å². The normalized spacial score (nSPS) is 14.9. The second-order valence-electron chi connectivity index (χ2n) is 7.67. The number of fused-ring (bicyclic) bond motifs is 3. The van der Waals surface area contributed by atoms with E-state index < -0.39 is 0 Å². The molecule has 32 heavy (non-hydrogen) atoms. The first kappa shape index (κ1) is 20.7. The molecule has 1 aliphatic rings. The molecule has 1 N–H and O–H groups in total. The van der Waals surface area contributed by atoms with Gasteiger partial charge in [0.2, 0.25) is 0 Å². The van der Waals surface area contributed by atoms with Crippen molar-refractivity contribution in [2.45, 2.75) is 17.5 Å². The molecule has 0 bridgehead atoms. The van der Waals surface area contributed by atoms with E-state index >= 15 is 0 Å². The number of carbonyl (C=O) groups excluding carboxylic acids is 1. The number of nitrogens with zero attached hydrogens (tertiary/aromatic N) is 2. The van der Waals surface area contributed by atoms with Crippen molar-refractivity contribution in [1.82, 2.24) is 9.47 Å². The summed E-state index contributed by atoms with van der Waals surface area (Å²) in [7, 11) is 0. The average molecular weight is 460 g/mol. The molecule has 160 valence electrons. The number of anilines is 1. The zero-order chi connectivity index (χ0) is 22.1. The third-order valence-electron chi connectivity index (χ3n) is 5.75. The smallest absolute Gasteiger partial charge is 0.318 e. The Hall–Kier alpha value is -3.15. The minimum Gasteiger partial charge on any atom is -0.318 e. The van der Waals surface area contributed by atoms with Gasteiger partial charge in [-0.3, -0.25) is 0 Å². The van der Waals surface area contributed by atoms with E-state index in [1.165, 1.54) is 4.90 Å². The molecule has 5 rings (SSSR count). The highest BCUT2D eigenvalue weighted by Crippen LogP contribution is 2.37. The van der Waals surface area contributed by atoms with Crippen LogP contribution < -0.4 is 5.32 Å². The molecule has 3 aromatic carbocycles. The summed E-state index contributed by atoms with van der Waals surface area (Å²) in [6.45, 7) is 0.492. The number of halogens is 1. The number of thioether (sulfide) groups is 1. The Kier molecular flexibility index (Phi) is 5.68. The molecule has 0 saturated carbocycles. The molecule has 0 aliphatic carbocycles. The highest BCUT2D eigenvalue weighted by atomic mass is 35.5. The van der Waals surface area contributed by atoms with Gasteiger partial charge in [0.1, 0.15) is 0 Å². The Bertz CT molecular complexity index is 1250. The van der Waals surface area contributed by atoms with Gasteiger partial charge >= 0.3 is 6.03 Å². The van der Waals surface area contributed by atoms with Gasteiger partial charge in [0, 0.05) is 27.5 Å². The van der Waals surface area contributed by atoms with Crippen molar-refractivity contribution >= 4 is 35.1 Å². The maximum absolute atomic E-state index is 13.6. The standard InChI is InChI=1S/C26H22ClN3OS/c1-32-22-14-8-18(9-15-22)25-24-7-4-16-29(24)23-6-3-2-5-19(23)17-30(25)26(31)28-21-12-10-20(27)11-13-21/h2-16,25H,17H2,1H3,(H,28,31). The lowest BCUT2D eigenvalue weighted by Gasteiger charge is -2.31. The van der Waals surface area contributed by atoms with Crippen LogP contribution in [0.3, 0.4) is 0 Å². The average Bonchev–Trinajstić information content (AvgIpc) is 3.25. The van der Waals surface area contributed by atoms with Crippen LogP contribution in [0, 0.1) is 0 Å². The van der Waals surface area contributed by atoms with Crippen molar-refractivity contribution in [2.75, 3.05) is 11.6 Å². The van der Waals surface area contributed by atoms with E-state index in [4.69, 9.17) is 11.6 Å². The number of para-hydroxylation sites is 1. The Labute approximate surface area is 196 Å². The minimum atomic E-state index is -0.236. The Morgan fingerprint density at radius 1 is 0.969 bits per heavy atom. The molecular weight excluding hydrogens is 438 g/mol. The van der Waals surface area contributed by atoms with Gasteiger partial charge in [-0.1, -0.05) is 41.9 Å². The van der Waals surface area contributed by atoms with Gasteiger partial charge in [0.05, 0.1) is 18.3 Å². The lowest BCUT2D eigenvalue weighted by atomic mass is 10.0. The van der Waals surface area contributed by atoms with Gasteiger partial charge in [0.25, 0.3) is 0 Å². The van der Waals surface area contributed by atoms with Gasteiger partial charge in [-0.15, -0.1) is 11.8 Å². The van der Waals surface area contributed by atoms with Gasteiger partial charge in [-0.05, 0) is 72.0 Å². The van der Waals surface area contributed by atoms with E-state index in [-0.39, 0.29) is 12.1 Å². The fourth-order valence-corrected chi connectivity index (χ4v) is 4.74. The molecule has 1 aromatic heterocycles. The molecule has 1 unspecified atom stereocenters. The second-order valence-corrected chi connectivity index (χ2v) is 8.99. The van der Waals surface area contributed by atoms with Crippen LogP contribution in [-0.2, 0) is 6.54 Å². The van der Waals surface area contributed by atoms with Crippen molar-refractivity contribution in [3.05, 3.63) is 113 Å². The summed E-state index contributed by atoms with van der Waals surface area (Å²) < 4.78 is 2.19. The number of hydrogen-bond acceptors (Lipinski definition) is 2. The number of urea groups is 1. The molecule has 4 nitrogen and oxygen atoms in total. The van der Waals surface area contributed by atoms with Gasteiger partial charge in [-0.2, -0.15) is 0 Å². The summed E-state index contributed by atoms with van der Waals surface area (Å²) in [6, 6.07) is 27.6. The number of aromatic nitrogens is 1. The number of hydrogen-bond donors (Lipinski definition) is 1. The number of amides is 2. The molecule has 2 heterocycles. The Morgan fingerprint density at radius 3 is 2.47 bits per heavy atom. The Balaban J connectivity index is 1.61. The predicted octanol–water partition coefficient (Wildman–Crippen LogP) is 6.99. The summed E-state index contributed by atoms with van der Waals surface area (Å²) in [5.74, 6) is 0. The van der Waals surface area contributed by atoms with Crippen LogP contribution in [0.5, 0.6) is 0 Å². The molecule has 1 aliphatic heterocycles. The Morgan fingerprint density at radius 2 is 1.72 bits per heavy atom. The molecule has 0 spiro atoms. The first-order valence-corrected chi connectivity index (χ1v) is 12.0. The molecule has 6 heteroatoms. The van der Waals surface area contributed by atoms with Crippen LogP contribution in [0.15, 0.2) is 96.0 Å². The van der Waals surface area contributed by atoms with Crippen LogP contribution in [0.4, 0.5) is 10.5 Å². The minimum absolute atomic E-state index is 0.157. The van der Waals surface area contributed by atoms with Crippen LogP contribution in [0.2, 0.25) is 5.02 Å². The molecule has 0 saturated heterocycles. The number of rotatable bonds is 3. The van der Waals surface area contributed by atoms with Crippen molar-refractivity contribution in [3.8, 4) is 5.69 Å². The molecule has 4 aromatic rings. The first-order valence-electron chi connectivity index (χ1n) is 10.4. The lowest BCUT2D eigenvalue weighted by Crippen LogP contribution is -2.37. The van der Waals surface area contributed by atoms with E-state index in [9.17, 15) is 4.79 Å². The summed E-state index contributed by atoms with van der Waals surface area (Å²) in [6.07, 6.45) is 4.13. The SMILES string of the molecule is CSc1ccc(C2c3cccn3-c3ccccc3CN2C(=O)Nc2ccc(Cl)cc2)cc1. The molecule has 0 radical (unpaired) electrons. The van der Waals surface area contributed by atoms with E-state index in [0.717, 1.165) is 22.5 Å². The fraction of sp³-hybridized carbons (Fsp3) is 0.115. The zero-order valence-electron chi connectivity index (χ0n) is 17.5. The van der Waals surface area contributed by atoms with E-state index in [1.54, 1.807) is 23.9 Å². The highest BCUT2D eigenvalue weighted by molar-refractivity contribution is 7.98. The van der Waals surface area contributed by atoms with Crippen LogP contribution in [0.25, 0.3) is 5.69 Å². The second kappa shape index (κ2) is 8.77. The summed E-state index contributed by atoms with van der Waals surface area (Å²) in [4.78, 5) is 16.7. The number of benzene rings is 3.